The van der Waals surface area contributed by atoms with Gasteiger partial charge in [-0.2, -0.15) is 0 Å². The van der Waals surface area contributed by atoms with Gasteiger partial charge in [-0.3, -0.25) is 4.79 Å². The van der Waals surface area contributed by atoms with Gasteiger partial charge < -0.3 is 15.7 Å². The lowest BCUT2D eigenvalue weighted by atomic mass is 9.94. The molecule has 0 aliphatic carbocycles. The topological polar surface area (TPSA) is 78.4 Å². The van der Waals surface area contributed by atoms with Gasteiger partial charge in [0.25, 0.3) is 5.91 Å². The van der Waals surface area contributed by atoms with Crippen LogP contribution in [0.4, 0.5) is 5.69 Å². The molecule has 20 heavy (non-hydrogen) atoms. The molecule has 108 valence electrons. The highest BCUT2D eigenvalue weighted by atomic mass is 16.4. The number of nitrogens with one attached hydrogen (secondary N) is 2. The van der Waals surface area contributed by atoms with E-state index in [0.717, 1.165) is 30.6 Å². The van der Waals surface area contributed by atoms with Crippen LogP contribution in [0, 0.1) is 0 Å². The number of hydrogen-bond acceptors (Lipinski definition) is 3. The molecule has 0 spiro atoms. The minimum atomic E-state index is -1.23. The second kappa shape index (κ2) is 5.53. The van der Waals surface area contributed by atoms with E-state index < -0.39 is 11.5 Å². The van der Waals surface area contributed by atoms with Crippen molar-refractivity contribution in [2.75, 3.05) is 11.9 Å². The average Bonchev–Trinajstić information content (AvgIpc) is 2.46. The molecule has 1 heterocycles. The van der Waals surface area contributed by atoms with Crippen LogP contribution in [0.15, 0.2) is 18.2 Å². The monoisotopic (exact) mass is 276 g/mol. The summed E-state index contributed by atoms with van der Waals surface area (Å²) in [7, 11) is 0. The predicted molar refractivity (Wildman–Crippen MR) is 77.1 cm³/mol. The number of rotatable bonds is 4. The second-order valence-corrected chi connectivity index (χ2v) is 5.31. The third kappa shape index (κ3) is 2.61. The molecule has 1 amide bonds. The number of benzene rings is 1. The third-order valence-corrected chi connectivity index (χ3v) is 3.91. The van der Waals surface area contributed by atoms with Crippen LogP contribution < -0.4 is 10.6 Å². The maximum Gasteiger partial charge on any atom is 0.329 e. The van der Waals surface area contributed by atoms with Crippen molar-refractivity contribution in [1.82, 2.24) is 5.32 Å². The molecule has 0 fully saturated rings. The van der Waals surface area contributed by atoms with Crippen LogP contribution in [0.5, 0.6) is 0 Å². The van der Waals surface area contributed by atoms with Crippen molar-refractivity contribution in [2.24, 2.45) is 0 Å². The van der Waals surface area contributed by atoms with Gasteiger partial charge in [-0.25, -0.2) is 4.79 Å². The maximum absolute atomic E-state index is 12.4. The first-order valence-electron chi connectivity index (χ1n) is 6.89. The maximum atomic E-state index is 12.4. The van der Waals surface area contributed by atoms with Gasteiger partial charge in [0.1, 0.15) is 5.54 Å². The Kier molecular flexibility index (Phi) is 3.97. The van der Waals surface area contributed by atoms with Crippen LogP contribution >= 0.6 is 0 Å². The van der Waals surface area contributed by atoms with Crippen molar-refractivity contribution in [2.45, 2.75) is 38.6 Å². The Morgan fingerprint density at radius 1 is 1.45 bits per heavy atom. The van der Waals surface area contributed by atoms with E-state index in [2.05, 4.69) is 10.6 Å². The quantitative estimate of drug-likeness (QED) is 0.786. The molecule has 0 saturated heterocycles. The average molecular weight is 276 g/mol. The smallest absolute Gasteiger partial charge is 0.329 e. The van der Waals surface area contributed by atoms with E-state index in [1.54, 1.807) is 13.0 Å². The summed E-state index contributed by atoms with van der Waals surface area (Å²) >= 11 is 0. The van der Waals surface area contributed by atoms with Gasteiger partial charge in [0.15, 0.2) is 0 Å². The van der Waals surface area contributed by atoms with Gasteiger partial charge in [-0.05, 0) is 43.9 Å². The normalized spacial score (nSPS) is 16.5. The number of amides is 1. The zero-order chi connectivity index (χ0) is 14.8. The Hall–Kier alpha value is -2.04. The molecule has 1 aromatic carbocycles. The van der Waals surface area contributed by atoms with Crippen LogP contribution in [0.3, 0.4) is 0 Å². The second-order valence-electron chi connectivity index (χ2n) is 5.31. The molecule has 2 rings (SSSR count). The summed E-state index contributed by atoms with van der Waals surface area (Å²) < 4.78 is 0. The minimum Gasteiger partial charge on any atom is -0.480 e. The summed E-state index contributed by atoms with van der Waals surface area (Å²) in [6, 6.07) is 5.51. The summed E-state index contributed by atoms with van der Waals surface area (Å²) in [5, 5.41) is 15.1. The van der Waals surface area contributed by atoms with Crippen LogP contribution in [0.25, 0.3) is 0 Å². The largest absolute Gasteiger partial charge is 0.480 e. The molecule has 5 nitrogen and oxygen atoms in total. The molecule has 0 radical (unpaired) electrons. The van der Waals surface area contributed by atoms with Crippen molar-refractivity contribution in [3.05, 3.63) is 29.3 Å². The van der Waals surface area contributed by atoms with E-state index in [0.29, 0.717) is 12.0 Å². The van der Waals surface area contributed by atoms with Crippen LogP contribution in [0.2, 0.25) is 0 Å². The van der Waals surface area contributed by atoms with Crippen molar-refractivity contribution in [3.8, 4) is 0 Å². The van der Waals surface area contributed by atoms with E-state index in [9.17, 15) is 14.7 Å². The first-order chi connectivity index (χ1) is 9.48. The van der Waals surface area contributed by atoms with E-state index in [4.69, 9.17) is 0 Å². The van der Waals surface area contributed by atoms with Gasteiger partial charge in [-0.15, -0.1) is 0 Å². The summed E-state index contributed by atoms with van der Waals surface area (Å²) in [6.07, 6.45) is 2.14. The van der Waals surface area contributed by atoms with Gasteiger partial charge in [-0.1, -0.05) is 13.0 Å². The number of carboxylic acids is 1. The van der Waals surface area contributed by atoms with Gasteiger partial charge in [0, 0.05) is 17.8 Å². The van der Waals surface area contributed by atoms with Crippen LogP contribution in [-0.4, -0.2) is 29.1 Å². The van der Waals surface area contributed by atoms with Crippen molar-refractivity contribution in [1.29, 1.82) is 0 Å². The molecule has 1 aliphatic heterocycles. The molecule has 1 aromatic rings. The highest BCUT2D eigenvalue weighted by molar-refractivity contribution is 6.00. The summed E-state index contributed by atoms with van der Waals surface area (Å²) in [5.74, 6) is -1.34. The SMILES string of the molecule is CCC(C)(NC(=O)c1cccc2c1CCCN2)C(=O)O. The standard InChI is InChI=1S/C15H20N2O3/c1-3-15(2,14(19)20)17-13(18)11-6-4-8-12-10(11)7-5-9-16-12/h4,6,8,16H,3,5,7,9H2,1-2H3,(H,17,18)(H,19,20). The number of fused-ring (bicyclic) bond motifs is 1. The van der Waals surface area contributed by atoms with Crippen molar-refractivity contribution >= 4 is 17.6 Å². The third-order valence-electron chi connectivity index (χ3n) is 3.91. The molecule has 1 atom stereocenters. The lowest BCUT2D eigenvalue weighted by Gasteiger charge is -2.26. The number of hydrogen-bond donors (Lipinski definition) is 3. The Bertz CT molecular complexity index is 542. The minimum absolute atomic E-state index is 0.322. The molecular formula is C15H20N2O3. The number of carboxylic acid groups (broad SMARTS) is 1. The number of carbonyl (C=O) groups is 2. The molecular weight excluding hydrogens is 256 g/mol. The van der Waals surface area contributed by atoms with Crippen LogP contribution in [-0.2, 0) is 11.2 Å². The molecule has 3 N–H and O–H groups in total. The zero-order valence-electron chi connectivity index (χ0n) is 11.8. The van der Waals surface area contributed by atoms with E-state index >= 15 is 0 Å². The fourth-order valence-electron chi connectivity index (χ4n) is 2.33. The number of aliphatic carboxylic acids is 1. The van der Waals surface area contributed by atoms with E-state index in [-0.39, 0.29) is 5.91 Å². The Morgan fingerprint density at radius 3 is 2.85 bits per heavy atom. The molecule has 5 heteroatoms. The lowest BCUT2D eigenvalue weighted by Crippen LogP contribution is -2.51. The van der Waals surface area contributed by atoms with E-state index in [1.165, 1.54) is 6.92 Å². The number of carbonyl (C=O) groups excluding carboxylic acids is 1. The lowest BCUT2D eigenvalue weighted by molar-refractivity contribution is -0.143. The molecule has 0 aromatic heterocycles. The molecule has 0 saturated carbocycles. The van der Waals surface area contributed by atoms with Crippen molar-refractivity contribution < 1.29 is 14.7 Å². The zero-order valence-corrected chi connectivity index (χ0v) is 11.8. The van der Waals surface area contributed by atoms with Crippen molar-refractivity contribution in [3.63, 3.8) is 0 Å². The van der Waals surface area contributed by atoms with E-state index in [1.807, 2.05) is 12.1 Å². The summed E-state index contributed by atoms with van der Waals surface area (Å²) in [6.45, 7) is 4.18. The Labute approximate surface area is 118 Å². The fraction of sp³-hybridized carbons (Fsp3) is 0.467. The summed E-state index contributed by atoms with van der Waals surface area (Å²) in [5.41, 5.74) is 1.27. The molecule has 0 bridgehead atoms. The number of anilines is 1. The molecule has 1 unspecified atom stereocenters. The van der Waals surface area contributed by atoms with Gasteiger partial charge >= 0.3 is 5.97 Å². The van der Waals surface area contributed by atoms with Gasteiger partial charge in [0.2, 0.25) is 0 Å². The van der Waals surface area contributed by atoms with Gasteiger partial charge in [0.05, 0.1) is 0 Å². The highest BCUT2D eigenvalue weighted by Crippen LogP contribution is 2.25. The Balaban J connectivity index is 2.28. The fourth-order valence-corrected chi connectivity index (χ4v) is 2.33. The summed E-state index contributed by atoms with van der Waals surface area (Å²) in [4.78, 5) is 23.7. The first-order valence-corrected chi connectivity index (χ1v) is 6.89. The predicted octanol–water partition coefficient (Wildman–Crippen LogP) is 2.03. The Morgan fingerprint density at radius 2 is 2.20 bits per heavy atom. The molecule has 1 aliphatic rings. The first kappa shape index (κ1) is 14.4. The highest BCUT2D eigenvalue weighted by Gasteiger charge is 2.33. The van der Waals surface area contributed by atoms with Crippen LogP contribution in [0.1, 0.15) is 42.6 Å².